The summed E-state index contributed by atoms with van der Waals surface area (Å²) in [4.78, 5) is 43.5. The Morgan fingerprint density at radius 1 is 1.16 bits per heavy atom. The number of esters is 1. The highest BCUT2D eigenvalue weighted by Gasteiger charge is 2.38. The number of carbonyl (C=O) groups excluding carboxylic acids is 2. The van der Waals surface area contributed by atoms with Gasteiger partial charge in [-0.25, -0.2) is 0 Å². The average molecular weight is 543 g/mol. The number of thiocarbonyl (C=S) groups is 1. The summed E-state index contributed by atoms with van der Waals surface area (Å²) in [5, 5.41) is 9.81. The van der Waals surface area contributed by atoms with E-state index in [4.69, 9.17) is 17.0 Å². The van der Waals surface area contributed by atoms with E-state index in [9.17, 15) is 19.6 Å². The predicted molar refractivity (Wildman–Crippen MR) is 149 cm³/mol. The summed E-state index contributed by atoms with van der Waals surface area (Å²) < 4.78 is 7.40. The molecule has 1 aromatic rings. The first-order chi connectivity index (χ1) is 17.8. The summed E-state index contributed by atoms with van der Waals surface area (Å²) in [6.45, 7) is 7.31. The number of ether oxygens (including phenoxy) is 1. The molecule has 3 fully saturated rings. The van der Waals surface area contributed by atoms with Crippen molar-refractivity contribution in [1.82, 2.24) is 9.47 Å². The Bertz CT molecular complexity index is 1220. The molecule has 198 valence electrons. The van der Waals surface area contributed by atoms with Crippen molar-refractivity contribution < 1.29 is 14.3 Å². The van der Waals surface area contributed by atoms with Crippen LogP contribution in [0.5, 0.6) is 0 Å². The topological polar surface area (TPSA) is 95.6 Å². The molecule has 1 aliphatic carbocycles. The molecule has 10 heteroatoms. The first-order valence-corrected chi connectivity index (χ1v) is 14.4. The quantitative estimate of drug-likeness (QED) is 0.297. The number of pyridine rings is 1. The van der Waals surface area contributed by atoms with Gasteiger partial charge in [0, 0.05) is 31.2 Å². The number of aromatic nitrogens is 1. The zero-order chi connectivity index (χ0) is 26.7. The van der Waals surface area contributed by atoms with Gasteiger partial charge in [-0.1, -0.05) is 43.2 Å². The minimum absolute atomic E-state index is 0.0843. The molecule has 0 radical (unpaired) electrons. The largest absolute Gasteiger partial charge is 0.466 e. The lowest BCUT2D eigenvalue weighted by Gasteiger charge is -2.35. The molecule has 0 N–H and O–H groups in total. The Kier molecular flexibility index (Phi) is 8.75. The van der Waals surface area contributed by atoms with E-state index in [2.05, 4.69) is 11.0 Å². The maximum atomic E-state index is 13.5. The Morgan fingerprint density at radius 2 is 1.84 bits per heavy atom. The van der Waals surface area contributed by atoms with Crippen LogP contribution >= 0.6 is 24.0 Å². The number of nitriles is 1. The summed E-state index contributed by atoms with van der Waals surface area (Å²) >= 11 is 6.92. The van der Waals surface area contributed by atoms with Crippen LogP contribution in [0.1, 0.15) is 75.5 Å². The summed E-state index contributed by atoms with van der Waals surface area (Å²) in [5.74, 6) is 0.237. The van der Waals surface area contributed by atoms with Gasteiger partial charge < -0.3 is 9.64 Å². The smallest absolute Gasteiger partial charge is 0.309 e. The van der Waals surface area contributed by atoms with Crippen molar-refractivity contribution in [3.63, 3.8) is 0 Å². The first-order valence-electron chi connectivity index (χ1n) is 13.2. The fraction of sp³-hybridized carbons (Fsp3) is 0.593. The van der Waals surface area contributed by atoms with Gasteiger partial charge in [-0.05, 0) is 58.1 Å². The first kappa shape index (κ1) is 27.4. The number of thioether (sulfide) groups is 1. The SMILES string of the molecule is CCOC(=O)C1CCN(c2c(/C=C3\SC(=S)N(C4CCCCC4)C3=O)c(C)c(C#N)c(=O)n2CC)CC1. The van der Waals surface area contributed by atoms with E-state index >= 15 is 0 Å². The molecular weight excluding hydrogens is 508 g/mol. The van der Waals surface area contributed by atoms with Gasteiger partial charge in [-0.3, -0.25) is 23.9 Å². The lowest BCUT2D eigenvalue weighted by molar-refractivity contribution is -0.148. The molecule has 3 aliphatic rings. The van der Waals surface area contributed by atoms with E-state index < -0.39 is 0 Å². The molecule has 2 saturated heterocycles. The van der Waals surface area contributed by atoms with Gasteiger partial charge in [-0.15, -0.1) is 0 Å². The van der Waals surface area contributed by atoms with Crippen LogP contribution in [-0.4, -0.2) is 51.4 Å². The molecule has 0 bridgehead atoms. The highest BCUT2D eigenvalue weighted by atomic mass is 32.2. The minimum atomic E-state index is -0.336. The maximum Gasteiger partial charge on any atom is 0.309 e. The third-order valence-corrected chi connectivity index (χ3v) is 8.95. The van der Waals surface area contributed by atoms with Crippen LogP contribution in [0.4, 0.5) is 5.82 Å². The number of carbonyl (C=O) groups is 2. The molecule has 37 heavy (non-hydrogen) atoms. The van der Waals surface area contributed by atoms with E-state index in [1.807, 2.05) is 13.0 Å². The van der Waals surface area contributed by atoms with Gasteiger partial charge in [0.2, 0.25) is 0 Å². The lowest BCUT2D eigenvalue weighted by atomic mass is 9.94. The van der Waals surface area contributed by atoms with Crippen LogP contribution in [0, 0.1) is 24.2 Å². The third-order valence-electron chi connectivity index (χ3n) is 7.62. The van der Waals surface area contributed by atoms with Gasteiger partial charge in [0.1, 0.15) is 21.8 Å². The standard InChI is InChI=1S/C27H34N4O4S2/c1-4-30-23(29-13-11-18(12-14-29)26(34)35-5-2)20(17(3)21(16-28)24(30)32)15-22-25(33)31(27(36)37-22)19-9-7-6-8-10-19/h15,18-19H,4-14H2,1-3H3/b22-15-. The predicted octanol–water partition coefficient (Wildman–Crippen LogP) is 4.36. The number of hydrogen-bond acceptors (Lipinski definition) is 8. The molecule has 2 aliphatic heterocycles. The Balaban J connectivity index is 1.74. The van der Waals surface area contributed by atoms with Crippen LogP contribution in [0.15, 0.2) is 9.70 Å². The Hall–Kier alpha value is -2.64. The second kappa shape index (κ2) is 11.8. The van der Waals surface area contributed by atoms with Crippen molar-refractivity contribution in [1.29, 1.82) is 5.26 Å². The van der Waals surface area contributed by atoms with E-state index in [0.29, 0.717) is 65.3 Å². The number of piperidine rings is 1. The van der Waals surface area contributed by atoms with Crippen LogP contribution in [-0.2, 0) is 20.9 Å². The van der Waals surface area contributed by atoms with Crippen LogP contribution in [0.2, 0.25) is 0 Å². The van der Waals surface area contributed by atoms with Crippen molar-refractivity contribution in [2.45, 2.75) is 78.3 Å². The molecule has 1 aromatic heterocycles. The van der Waals surface area contributed by atoms with Gasteiger partial charge >= 0.3 is 5.97 Å². The summed E-state index contributed by atoms with van der Waals surface area (Å²) in [7, 11) is 0. The second-order valence-electron chi connectivity index (χ2n) is 9.76. The van der Waals surface area contributed by atoms with Crippen molar-refractivity contribution in [3.05, 3.63) is 31.9 Å². The Labute approximate surface area is 227 Å². The molecule has 0 aromatic carbocycles. The minimum Gasteiger partial charge on any atom is -0.466 e. The number of amides is 1. The molecule has 4 rings (SSSR count). The van der Waals surface area contributed by atoms with Crippen molar-refractivity contribution in [2.24, 2.45) is 5.92 Å². The van der Waals surface area contributed by atoms with Gasteiger partial charge in [0.05, 0.1) is 17.4 Å². The lowest BCUT2D eigenvalue weighted by Crippen LogP contribution is -2.41. The fourth-order valence-electron chi connectivity index (χ4n) is 5.63. The van der Waals surface area contributed by atoms with E-state index in [1.165, 1.54) is 18.2 Å². The molecular formula is C27H34N4O4S2. The molecule has 0 unspecified atom stereocenters. The Morgan fingerprint density at radius 3 is 2.43 bits per heavy atom. The average Bonchev–Trinajstić information content (AvgIpc) is 3.18. The number of hydrogen-bond donors (Lipinski definition) is 0. The van der Waals surface area contributed by atoms with Gasteiger partial charge in [0.15, 0.2) is 0 Å². The summed E-state index contributed by atoms with van der Waals surface area (Å²) in [5.41, 5.74) is 0.998. The van der Waals surface area contributed by atoms with Gasteiger partial charge in [0.25, 0.3) is 11.5 Å². The van der Waals surface area contributed by atoms with Gasteiger partial charge in [-0.2, -0.15) is 5.26 Å². The zero-order valence-electron chi connectivity index (χ0n) is 21.7. The van der Waals surface area contributed by atoms with Crippen LogP contribution in [0.3, 0.4) is 0 Å². The second-order valence-corrected chi connectivity index (χ2v) is 11.4. The van der Waals surface area contributed by atoms with Crippen molar-refractivity contribution in [2.75, 3.05) is 24.6 Å². The van der Waals surface area contributed by atoms with E-state index in [1.54, 1.807) is 23.3 Å². The van der Waals surface area contributed by atoms with E-state index in [-0.39, 0.29) is 35.0 Å². The number of rotatable bonds is 6. The summed E-state index contributed by atoms with van der Waals surface area (Å²) in [6, 6.07) is 2.21. The normalized spacial score (nSPS) is 20.5. The number of anilines is 1. The molecule has 3 heterocycles. The van der Waals surface area contributed by atoms with Crippen molar-refractivity contribution in [3.8, 4) is 6.07 Å². The molecule has 1 saturated carbocycles. The maximum absolute atomic E-state index is 13.5. The molecule has 0 atom stereocenters. The summed E-state index contributed by atoms with van der Waals surface area (Å²) in [6.07, 6.45) is 8.33. The number of nitrogens with zero attached hydrogens (tertiary/aromatic N) is 4. The van der Waals surface area contributed by atoms with Crippen LogP contribution in [0.25, 0.3) is 6.08 Å². The monoisotopic (exact) mass is 542 g/mol. The molecule has 8 nitrogen and oxygen atoms in total. The van der Waals surface area contributed by atoms with Crippen LogP contribution < -0.4 is 10.5 Å². The third kappa shape index (κ3) is 5.34. The highest BCUT2D eigenvalue weighted by molar-refractivity contribution is 8.26. The van der Waals surface area contributed by atoms with E-state index in [0.717, 1.165) is 25.7 Å². The molecule has 1 amide bonds. The fourth-order valence-corrected chi connectivity index (χ4v) is 7.01. The molecule has 0 spiro atoms. The van der Waals surface area contributed by atoms with Crippen molar-refractivity contribution >= 4 is 52.1 Å². The highest BCUT2D eigenvalue weighted by Crippen LogP contribution is 2.39. The zero-order valence-corrected chi connectivity index (χ0v) is 23.4.